The zero-order valence-electron chi connectivity index (χ0n) is 13.6. The Morgan fingerprint density at radius 3 is 1.40 bits per heavy atom. The number of benzene rings is 1. The third kappa shape index (κ3) is 5.00. The summed E-state index contributed by atoms with van der Waals surface area (Å²) in [7, 11) is 0. The Hall–Kier alpha value is -2.96. The van der Waals surface area contributed by atoms with Crippen molar-refractivity contribution in [3.63, 3.8) is 0 Å². The first kappa shape index (κ1) is 18.4. The molecule has 3 aromatic rings. The predicted molar refractivity (Wildman–Crippen MR) is 95.6 cm³/mol. The molecule has 0 aliphatic rings. The standard InChI is InChI=1S/C19H18N2O3.H2O/c22-14-17-10-15(12-20-5-1-18(23)2-6-20)9-16(11-17)13-21-7-3-19(24)4-8-21;/h1-11,22H,12-14H2;1H2. The van der Waals surface area contributed by atoms with Crippen LogP contribution in [0.5, 0.6) is 0 Å². The lowest BCUT2D eigenvalue weighted by molar-refractivity contribution is 0.281. The van der Waals surface area contributed by atoms with Gasteiger partial charge in [0.1, 0.15) is 0 Å². The fourth-order valence-corrected chi connectivity index (χ4v) is 2.63. The van der Waals surface area contributed by atoms with E-state index in [1.807, 2.05) is 21.3 Å². The summed E-state index contributed by atoms with van der Waals surface area (Å²) in [5.74, 6) is 0. The first-order chi connectivity index (χ1) is 11.6. The molecule has 0 spiro atoms. The molecule has 2 heterocycles. The van der Waals surface area contributed by atoms with Crippen LogP contribution in [0.4, 0.5) is 0 Å². The second kappa shape index (κ2) is 8.23. The zero-order chi connectivity index (χ0) is 16.9. The maximum Gasteiger partial charge on any atom is 0.181 e. The SMILES string of the molecule is O.O=c1ccn(Cc2cc(CO)cc(Cn3ccc(=O)cc3)c2)cc1. The quantitative estimate of drug-likeness (QED) is 0.743. The summed E-state index contributed by atoms with van der Waals surface area (Å²) in [6.45, 7) is 1.20. The molecule has 130 valence electrons. The van der Waals surface area contributed by atoms with E-state index < -0.39 is 0 Å². The van der Waals surface area contributed by atoms with Gasteiger partial charge in [-0.2, -0.15) is 0 Å². The highest BCUT2D eigenvalue weighted by molar-refractivity contribution is 5.30. The normalized spacial score (nSPS) is 10.3. The van der Waals surface area contributed by atoms with Crippen LogP contribution in [0.1, 0.15) is 16.7 Å². The molecule has 2 aromatic heterocycles. The molecule has 1 aromatic carbocycles. The van der Waals surface area contributed by atoms with Gasteiger partial charge < -0.3 is 19.7 Å². The van der Waals surface area contributed by atoms with Crippen molar-refractivity contribution >= 4 is 0 Å². The number of rotatable bonds is 5. The first-order valence-corrected chi connectivity index (χ1v) is 7.67. The molecular weight excluding hydrogens is 320 g/mol. The Morgan fingerprint density at radius 2 is 1.04 bits per heavy atom. The summed E-state index contributed by atoms with van der Waals surface area (Å²) >= 11 is 0. The summed E-state index contributed by atoms with van der Waals surface area (Å²) in [4.78, 5) is 22.4. The molecule has 0 fully saturated rings. The van der Waals surface area contributed by atoms with E-state index in [2.05, 4.69) is 6.07 Å². The Labute approximate surface area is 144 Å². The molecule has 0 amide bonds. The highest BCUT2D eigenvalue weighted by atomic mass is 16.3. The fraction of sp³-hybridized carbons (Fsp3) is 0.158. The molecule has 3 rings (SSSR count). The van der Waals surface area contributed by atoms with Crippen molar-refractivity contribution < 1.29 is 10.6 Å². The van der Waals surface area contributed by atoms with Crippen LogP contribution in [0.15, 0.2) is 76.8 Å². The van der Waals surface area contributed by atoms with Gasteiger partial charge in [-0.05, 0) is 16.7 Å². The van der Waals surface area contributed by atoms with Gasteiger partial charge in [-0.15, -0.1) is 0 Å². The van der Waals surface area contributed by atoms with Gasteiger partial charge in [-0.3, -0.25) is 9.59 Å². The van der Waals surface area contributed by atoms with Crippen molar-refractivity contribution in [3.8, 4) is 0 Å². The Bertz CT molecular complexity index is 845. The molecule has 6 heteroatoms. The summed E-state index contributed by atoms with van der Waals surface area (Å²) in [6.07, 6.45) is 6.98. The zero-order valence-corrected chi connectivity index (χ0v) is 13.6. The van der Waals surface area contributed by atoms with Crippen molar-refractivity contribution in [1.29, 1.82) is 0 Å². The van der Waals surface area contributed by atoms with Gasteiger partial charge in [-0.1, -0.05) is 18.2 Å². The Balaban J connectivity index is 0.00000225. The van der Waals surface area contributed by atoms with Crippen molar-refractivity contribution in [2.75, 3.05) is 0 Å². The third-order valence-electron chi connectivity index (χ3n) is 3.75. The van der Waals surface area contributed by atoms with Crippen molar-refractivity contribution in [2.45, 2.75) is 19.7 Å². The van der Waals surface area contributed by atoms with Crippen molar-refractivity contribution in [1.82, 2.24) is 9.13 Å². The highest BCUT2D eigenvalue weighted by Gasteiger charge is 2.03. The molecule has 0 saturated heterocycles. The first-order valence-electron chi connectivity index (χ1n) is 7.67. The van der Waals surface area contributed by atoms with E-state index in [0.717, 1.165) is 16.7 Å². The smallest absolute Gasteiger partial charge is 0.181 e. The van der Waals surface area contributed by atoms with Crippen LogP contribution in [-0.4, -0.2) is 19.7 Å². The molecule has 25 heavy (non-hydrogen) atoms. The van der Waals surface area contributed by atoms with Crippen LogP contribution in [0.2, 0.25) is 0 Å². The van der Waals surface area contributed by atoms with E-state index in [0.29, 0.717) is 13.1 Å². The van der Waals surface area contributed by atoms with Gasteiger partial charge >= 0.3 is 0 Å². The van der Waals surface area contributed by atoms with Crippen LogP contribution in [-0.2, 0) is 19.7 Å². The van der Waals surface area contributed by atoms with Gasteiger partial charge in [-0.25, -0.2) is 0 Å². The van der Waals surface area contributed by atoms with Crippen LogP contribution in [0, 0.1) is 0 Å². The number of nitrogens with zero attached hydrogens (tertiary/aromatic N) is 2. The number of pyridine rings is 2. The largest absolute Gasteiger partial charge is 0.412 e. The van der Waals surface area contributed by atoms with E-state index in [9.17, 15) is 14.7 Å². The second-order valence-electron chi connectivity index (χ2n) is 5.73. The summed E-state index contributed by atoms with van der Waals surface area (Å²) in [6, 6.07) is 12.1. The van der Waals surface area contributed by atoms with Gasteiger partial charge in [0.05, 0.1) is 6.61 Å². The van der Waals surface area contributed by atoms with E-state index in [1.165, 1.54) is 24.3 Å². The second-order valence-corrected chi connectivity index (χ2v) is 5.73. The average Bonchev–Trinajstić information content (AvgIpc) is 2.59. The van der Waals surface area contributed by atoms with Gasteiger partial charge in [0.25, 0.3) is 0 Å². The highest BCUT2D eigenvalue weighted by Crippen LogP contribution is 2.13. The summed E-state index contributed by atoms with van der Waals surface area (Å²) in [5, 5.41) is 9.50. The van der Waals surface area contributed by atoms with E-state index in [-0.39, 0.29) is 22.9 Å². The Morgan fingerprint density at radius 1 is 0.680 bits per heavy atom. The Kier molecular flexibility index (Phi) is 6.05. The van der Waals surface area contributed by atoms with Crippen LogP contribution < -0.4 is 10.9 Å². The van der Waals surface area contributed by atoms with Crippen LogP contribution in [0.25, 0.3) is 0 Å². The van der Waals surface area contributed by atoms with Crippen molar-refractivity contribution in [3.05, 3.63) is 104 Å². The lowest BCUT2D eigenvalue weighted by Gasteiger charge is -2.12. The number of aliphatic hydroxyl groups excluding tert-OH is 1. The molecule has 6 nitrogen and oxygen atoms in total. The topological polar surface area (TPSA) is 95.7 Å². The van der Waals surface area contributed by atoms with Crippen molar-refractivity contribution in [2.24, 2.45) is 0 Å². The number of aromatic nitrogens is 2. The predicted octanol–water partition coefficient (Wildman–Crippen LogP) is 0.774. The maximum atomic E-state index is 11.2. The van der Waals surface area contributed by atoms with E-state index in [4.69, 9.17) is 0 Å². The maximum absolute atomic E-state index is 11.2. The number of hydrogen-bond acceptors (Lipinski definition) is 3. The minimum absolute atomic E-state index is 0. The van der Waals surface area contributed by atoms with Gasteiger partial charge in [0.15, 0.2) is 10.9 Å². The molecule has 3 N–H and O–H groups in total. The number of aliphatic hydroxyl groups is 1. The molecule has 0 atom stereocenters. The van der Waals surface area contributed by atoms with Gasteiger partial charge in [0, 0.05) is 62.1 Å². The average molecular weight is 340 g/mol. The summed E-state index contributed by atoms with van der Waals surface area (Å²) in [5.41, 5.74) is 2.88. The number of hydrogen-bond donors (Lipinski definition) is 1. The molecule has 0 unspecified atom stereocenters. The lowest BCUT2D eigenvalue weighted by Crippen LogP contribution is -2.07. The van der Waals surface area contributed by atoms with E-state index >= 15 is 0 Å². The molecule has 0 aliphatic heterocycles. The molecular formula is C19H20N2O4. The minimum Gasteiger partial charge on any atom is -0.412 e. The molecule has 0 radical (unpaired) electrons. The lowest BCUT2D eigenvalue weighted by atomic mass is 10.1. The minimum atomic E-state index is -0.0326. The van der Waals surface area contributed by atoms with E-state index in [1.54, 1.807) is 24.8 Å². The molecule has 0 saturated carbocycles. The van der Waals surface area contributed by atoms with Crippen LogP contribution >= 0.6 is 0 Å². The fourth-order valence-electron chi connectivity index (χ4n) is 2.63. The van der Waals surface area contributed by atoms with Gasteiger partial charge in [0.2, 0.25) is 0 Å². The summed E-state index contributed by atoms with van der Waals surface area (Å²) < 4.78 is 3.84. The third-order valence-corrected chi connectivity index (χ3v) is 3.75. The monoisotopic (exact) mass is 340 g/mol. The molecule has 0 aliphatic carbocycles. The molecule has 0 bridgehead atoms. The van der Waals surface area contributed by atoms with Crippen LogP contribution in [0.3, 0.4) is 0 Å².